The van der Waals surface area contributed by atoms with Crippen LogP contribution in [0.15, 0.2) is 93.2 Å². The third kappa shape index (κ3) is 4.76. The highest BCUT2D eigenvalue weighted by Gasteiger charge is 2.30. The second kappa shape index (κ2) is 9.42. The molecule has 0 bridgehead atoms. The second-order valence-corrected chi connectivity index (χ2v) is 8.95. The Morgan fingerprint density at radius 2 is 1.66 bits per heavy atom. The third-order valence-electron chi connectivity index (χ3n) is 4.47. The fraction of sp³-hybridized carbons (Fsp3) is 0.0870. The number of anilines is 1. The van der Waals surface area contributed by atoms with E-state index >= 15 is 0 Å². The minimum atomic E-state index is -4.29. The van der Waals surface area contributed by atoms with Gasteiger partial charge in [-0.3, -0.25) is 0 Å². The molecule has 9 heteroatoms. The van der Waals surface area contributed by atoms with Crippen molar-refractivity contribution in [3.8, 4) is 17.2 Å². The number of aromatic nitrogens is 1. The van der Waals surface area contributed by atoms with Gasteiger partial charge in [0.25, 0.3) is 0 Å². The van der Waals surface area contributed by atoms with Crippen molar-refractivity contribution in [2.24, 2.45) is 0 Å². The molecule has 0 unspecified atom stereocenters. The molecule has 3 aromatic carbocycles. The number of nitrogens with one attached hydrogen (secondary N) is 1. The lowest BCUT2D eigenvalue weighted by Crippen LogP contribution is -2.14. The van der Waals surface area contributed by atoms with Gasteiger partial charge in [-0.25, -0.2) is 12.8 Å². The van der Waals surface area contributed by atoms with Crippen molar-refractivity contribution in [3.05, 3.63) is 89.7 Å². The molecule has 0 aliphatic carbocycles. The molecule has 0 aliphatic heterocycles. The molecule has 0 spiro atoms. The highest BCUT2D eigenvalue weighted by molar-refractivity contribution is 7.91. The monoisotopic (exact) mass is 472 g/mol. The van der Waals surface area contributed by atoms with Crippen LogP contribution >= 0.6 is 11.6 Å². The van der Waals surface area contributed by atoms with Gasteiger partial charge >= 0.3 is 0 Å². The molecule has 0 fully saturated rings. The van der Waals surface area contributed by atoms with Gasteiger partial charge in [-0.05, 0) is 48.5 Å². The Bertz CT molecular complexity index is 1310. The zero-order valence-electron chi connectivity index (χ0n) is 16.7. The van der Waals surface area contributed by atoms with Crippen molar-refractivity contribution in [3.63, 3.8) is 0 Å². The highest BCUT2D eigenvalue weighted by Crippen LogP contribution is 2.33. The quantitative estimate of drug-likeness (QED) is 0.343. The van der Waals surface area contributed by atoms with Crippen molar-refractivity contribution in [2.75, 3.05) is 18.5 Å². The second-order valence-electron chi connectivity index (χ2n) is 6.68. The molecule has 1 heterocycles. The Labute approximate surface area is 189 Å². The largest absolute Gasteiger partial charge is 0.492 e. The van der Waals surface area contributed by atoms with E-state index in [-0.39, 0.29) is 24.9 Å². The first-order chi connectivity index (χ1) is 15.4. The Hall–Kier alpha value is -3.36. The zero-order chi connectivity index (χ0) is 22.6. The first-order valence-electron chi connectivity index (χ1n) is 9.63. The van der Waals surface area contributed by atoms with Crippen LogP contribution in [-0.2, 0) is 9.84 Å². The summed E-state index contributed by atoms with van der Waals surface area (Å²) in [5, 5.41) is 3.00. The Morgan fingerprint density at radius 3 is 2.38 bits per heavy atom. The molecular weight excluding hydrogens is 455 g/mol. The van der Waals surface area contributed by atoms with Crippen molar-refractivity contribution in [1.82, 2.24) is 4.98 Å². The van der Waals surface area contributed by atoms with E-state index in [4.69, 9.17) is 20.8 Å². The number of rotatable bonds is 8. The maximum Gasteiger partial charge on any atom is 0.234 e. The molecule has 0 saturated carbocycles. The smallest absolute Gasteiger partial charge is 0.234 e. The normalized spacial score (nSPS) is 11.3. The maximum absolute atomic E-state index is 14.3. The van der Waals surface area contributed by atoms with Gasteiger partial charge in [0.1, 0.15) is 23.1 Å². The fourth-order valence-corrected chi connectivity index (χ4v) is 4.41. The summed E-state index contributed by atoms with van der Waals surface area (Å²) in [6, 6.07) is 20.9. The van der Waals surface area contributed by atoms with Gasteiger partial charge in [-0.15, -0.1) is 0 Å². The van der Waals surface area contributed by atoms with Crippen molar-refractivity contribution >= 4 is 27.3 Å². The van der Waals surface area contributed by atoms with Gasteiger partial charge in [-0.2, -0.15) is 4.98 Å². The molecule has 0 saturated heterocycles. The van der Waals surface area contributed by atoms with Crippen LogP contribution < -0.4 is 10.1 Å². The van der Waals surface area contributed by atoms with Gasteiger partial charge in [0.2, 0.25) is 26.6 Å². The van der Waals surface area contributed by atoms with Gasteiger partial charge in [0.05, 0.1) is 6.54 Å². The summed E-state index contributed by atoms with van der Waals surface area (Å²) in [5.41, 5.74) is 0.521. The lowest BCUT2D eigenvalue weighted by molar-refractivity contribution is 0.331. The van der Waals surface area contributed by atoms with Crippen LogP contribution in [0.2, 0.25) is 5.02 Å². The number of hydrogen-bond acceptors (Lipinski definition) is 6. The Kier molecular flexibility index (Phi) is 6.43. The predicted octanol–water partition coefficient (Wildman–Crippen LogP) is 5.46. The van der Waals surface area contributed by atoms with Crippen molar-refractivity contribution in [1.29, 1.82) is 0 Å². The van der Waals surface area contributed by atoms with Crippen LogP contribution in [0.5, 0.6) is 5.75 Å². The summed E-state index contributed by atoms with van der Waals surface area (Å²) in [6.07, 6.45) is 0. The average molecular weight is 473 g/mol. The first kappa shape index (κ1) is 21.9. The predicted molar refractivity (Wildman–Crippen MR) is 119 cm³/mol. The maximum atomic E-state index is 14.3. The molecule has 4 aromatic rings. The summed E-state index contributed by atoms with van der Waals surface area (Å²) in [7, 11) is -4.29. The lowest BCUT2D eigenvalue weighted by atomic mass is 10.2. The minimum absolute atomic E-state index is 0.0584. The van der Waals surface area contributed by atoms with E-state index in [1.807, 2.05) is 18.2 Å². The van der Waals surface area contributed by atoms with Gasteiger partial charge in [0, 0.05) is 10.6 Å². The number of ether oxygens (including phenoxy) is 1. The van der Waals surface area contributed by atoms with E-state index < -0.39 is 25.6 Å². The fourth-order valence-electron chi connectivity index (χ4n) is 2.93. The van der Waals surface area contributed by atoms with E-state index in [9.17, 15) is 12.8 Å². The molecule has 0 radical (unpaired) electrons. The summed E-state index contributed by atoms with van der Waals surface area (Å²) in [4.78, 5) is 3.68. The molecule has 1 aromatic heterocycles. The zero-order valence-corrected chi connectivity index (χ0v) is 18.2. The first-order valence-corrected chi connectivity index (χ1v) is 11.5. The summed E-state index contributed by atoms with van der Waals surface area (Å²) in [6.45, 7) is 0.462. The van der Waals surface area contributed by atoms with Crippen LogP contribution in [0.1, 0.15) is 0 Å². The van der Waals surface area contributed by atoms with Crippen LogP contribution in [0.4, 0.5) is 10.3 Å². The SMILES string of the molecule is O=S(=O)(c1ccccc1F)c1nc(-c2ccc(Cl)cc2)oc1NCCOc1ccccc1. The molecule has 32 heavy (non-hydrogen) atoms. The molecule has 6 nitrogen and oxygen atoms in total. The molecule has 1 N–H and O–H groups in total. The van der Waals surface area contributed by atoms with E-state index in [1.54, 1.807) is 36.4 Å². The van der Waals surface area contributed by atoms with Crippen LogP contribution in [-0.4, -0.2) is 26.6 Å². The van der Waals surface area contributed by atoms with E-state index in [1.165, 1.54) is 18.2 Å². The highest BCUT2D eigenvalue weighted by atomic mass is 35.5. The number of oxazole rings is 1. The molecule has 0 amide bonds. The number of para-hydroxylation sites is 1. The van der Waals surface area contributed by atoms with Crippen molar-refractivity contribution < 1.29 is 22.0 Å². The number of hydrogen-bond donors (Lipinski definition) is 1. The molecule has 164 valence electrons. The minimum Gasteiger partial charge on any atom is -0.492 e. The van der Waals surface area contributed by atoms with Gasteiger partial charge in [0.15, 0.2) is 0 Å². The molecular formula is C23H18ClFN2O4S. The molecule has 0 aliphatic rings. The lowest BCUT2D eigenvalue weighted by Gasteiger charge is -2.08. The number of halogens is 2. The van der Waals surface area contributed by atoms with Crippen LogP contribution in [0.25, 0.3) is 11.5 Å². The number of benzene rings is 3. The Morgan fingerprint density at radius 1 is 0.969 bits per heavy atom. The van der Waals surface area contributed by atoms with E-state index in [0.29, 0.717) is 16.3 Å². The number of sulfone groups is 1. The number of nitrogens with zero attached hydrogens (tertiary/aromatic N) is 1. The third-order valence-corrected chi connectivity index (χ3v) is 6.42. The topological polar surface area (TPSA) is 81.4 Å². The van der Waals surface area contributed by atoms with Gasteiger partial charge in [-0.1, -0.05) is 41.9 Å². The van der Waals surface area contributed by atoms with E-state index in [0.717, 1.165) is 6.07 Å². The van der Waals surface area contributed by atoms with Crippen molar-refractivity contribution in [2.45, 2.75) is 9.92 Å². The summed E-state index contributed by atoms with van der Waals surface area (Å²) >= 11 is 5.93. The summed E-state index contributed by atoms with van der Waals surface area (Å²) in [5.74, 6) is -0.243. The Balaban J connectivity index is 1.64. The van der Waals surface area contributed by atoms with Crippen LogP contribution in [0.3, 0.4) is 0 Å². The molecule has 4 rings (SSSR count). The average Bonchev–Trinajstić information content (AvgIpc) is 3.23. The van der Waals surface area contributed by atoms with Crippen LogP contribution in [0, 0.1) is 5.82 Å². The van der Waals surface area contributed by atoms with Gasteiger partial charge < -0.3 is 14.5 Å². The standard InChI is InChI=1S/C23H18ClFN2O4S/c24-17-12-10-16(11-13-17)21-27-23(32(28,29)20-9-5-4-8-19(20)25)22(31-21)26-14-15-30-18-6-2-1-3-7-18/h1-13,26H,14-15H2. The molecule has 0 atom stereocenters. The van der Waals surface area contributed by atoms with E-state index in [2.05, 4.69) is 10.3 Å². The summed E-state index contributed by atoms with van der Waals surface area (Å²) < 4.78 is 52.0.